The van der Waals surface area contributed by atoms with Crippen LogP contribution in [0, 0.1) is 0 Å². The van der Waals surface area contributed by atoms with Crippen LogP contribution in [-0.4, -0.2) is 4.57 Å². The van der Waals surface area contributed by atoms with Crippen molar-refractivity contribution in [3.63, 3.8) is 0 Å². The minimum Gasteiger partial charge on any atom is -0.310 e. The molecule has 0 aliphatic heterocycles. The van der Waals surface area contributed by atoms with Crippen LogP contribution in [0.3, 0.4) is 0 Å². The van der Waals surface area contributed by atoms with E-state index in [0.29, 0.717) is 0 Å². The van der Waals surface area contributed by atoms with Crippen molar-refractivity contribution in [2.75, 3.05) is 4.90 Å². The molecular formula is C66H42N2S. The normalized spacial score (nSPS) is 11.8. The zero-order valence-corrected chi connectivity index (χ0v) is 38.4. The van der Waals surface area contributed by atoms with E-state index < -0.39 is 0 Å². The van der Waals surface area contributed by atoms with Gasteiger partial charge in [-0.3, -0.25) is 0 Å². The molecule has 14 rings (SSSR count). The lowest BCUT2D eigenvalue weighted by Crippen LogP contribution is -2.10. The van der Waals surface area contributed by atoms with Gasteiger partial charge in [-0.15, -0.1) is 11.3 Å². The van der Waals surface area contributed by atoms with Gasteiger partial charge in [-0.1, -0.05) is 182 Å². The highest BCUT2D eigenvalue weighted by molar-refractivity contribution is 7.26. The molecule has 0 N–H and O–H groups in total. The number of nitrogens with zero attached hydrogens (tertiary/aromatic N) is 2. The fraction of sp³-hybridized carbons (Fsp3) is 0. The summed E-state index contributed by atoms with van der Waals surface area (Å²) >= 11 is 1.88. The van der Waals surface area contributed by atoms with E-state index in [4.69, 9.17) is 0 Å². The summed E-state index contributed by atoms with van der Waals surface area (Å²) in [6, 6.07) is 94.1. The van der Waals surface area contributed by atoms with Crippen LogP contribution in [0.15, 0.2) is 255 Å². The predicted molar refractivity (Wildman–Crippen MR) is 299 cm³/mol. The highest BCUT2D eigenvalue weighted by Gasteiger charge is 2.20. The van der Waals surface area contributed by atoms with Gasteiger partial charge in [-0.05, 0) is 138 Å². The molecule has 69 heavy (non-hydrogen) atoms. The molecule has 0 fully saturated rings. The van der Waals surface area contributed by atoms with Crippen molar-refractivity contribution < 1.29 is 0 Å². The number of anilines is 3. The van der Waals surface area contributed by atoms with E-state index in [9.17, 15) is 0 Å². The van der Waals surface area contributed by atoms with E-state index >= 15 is 0 Å². The van der Waals surface area contributed by atoms with Crippen molar-refractivity contribution in [3.8, 4) is 16.8 Å². The molecule has 12 aromatic carbocycles. The number of thiophene rings is 1. The Balaban J connectivity index is 1.13. The predicted octanol–water partition coefficient (Wildman–Crippen LogP) is 19.2. The zero-order valence-electron chi connectivity index (χ0n) is 37.6. The van der Waals surface area contributed by atoms with Gasteiger partial charge >= 0.3 is 0 Å². The summed E-state index contributed by atoms with van der Waals surface area (Å²) in [5, 5.41) is 17.2. The highest BCUT2D eigenvalue weighted by Crippen LogP contribution is 2.46. The first kappa shape index (κ1) is 39.4. The lowest BCUT2D eigenvalue weighted by atomic mass is 9.92. The standard InChI is InChI=1S/C66H42N2S/c1-3-17-43(18-4-1)44-31-33-46(34-32-44)67(48-36-39-62-60(42-48)55-26-13-15-29-61(55)68(62)45-19-5-2-6-20-45)47-35-37-54-52-24-10-8-22-50(52)49-21-7-9-23-51(49)53-25-11-12-27-56(53)65-57(59(54)41-47)38-40-64-66(65)58-28-14-16-30-63(58)69-64/h1-42H. The lowest BCUT2D eigenvalue weighted by molar-refractivity contribution is 1.18. The zero-order chi connectivity index (χ0) is 45.4. The van der Waals surface area contributed by atoms with Crippen LogP contribution in [0.5, 0.6) is 0 Å². The number of fused-ring (bicyclic) bond motifs is 17. The third-order valence-corrected chi connectivity index (χ3v) is 15.3. The van der Waals surface area contributed by atoms with Crippen molar-refractivity contribution in [2.24, 2.45) is 0 Å². The second-order valence-corrected chi connectivity index (χ2v) is 19.0. The average molecular weight is 895 g/mol. The van der Waals surface area contributed by atoms with Crippen molar-refractivity contribution in [1.82, 2.24) is 4.57 Å². The second kappa shape index (κ2) is 16.0. The van der Waals surface area contributed by atoms with E-state index in [-0.39, 0.29) is 0 Å². The molecule has 0 unspecified atom stereocenters. The quantitative estimate of drug-likeness (QED) is 0.167. The van der Waals surface area contributed by atoms with E-state index in [2.05, 4.69) is 264 Å². The van der Waals surface area contributed by atoms with Crippen LogP contribution in [0.2, 0.25) is 0 Å². The van der Waals surface area contributed by atoms with Crippen LogP contribution >= 0.6 is 11.3 Å². The topological polar surface area (TPSA) is 8.17 Å². The lowest BCUT2D eigenvalue weighted by Gasteiger charge is -2.26. The molecule has 2 heterocycles. The SMILES string of the molecule is c1ccc(-c2ccc(N(c3ccc4c5ccccc5c5ccccc5c5ccccc5c5c(ccc6sc7ccccc7c65)c4c3)c3ccc4c(c3)c3ccccc3n4-c3ccccc3)cc2)cc1. The first-order valence-electron chi connectivity index (χ1n) is 23.7. The molecule has 0 saturated heterocycles. The summed E-state index contributed by atoms with van der Waals surface area (Å²) in [5.41, 5.74) is 9.14. The number of para-hydroxylation sites is 2. The second-order valence-electron chi connectivity index (χ2n) is 18.0. The molecule has 0 aliphatic rings. The van der Waals surface area contributed by atoms with Crippen molar-refractivity contribution in [3.05, 3.63) is 255 Å². The van der Waals surface area contributed by atoms with Crippen molar-refractivity contribution in [2.45, 2.75) is 0 Å². The van der Waals surface area contributed by atoms with Crippen molar-refractivity contribution >= 4 is 124 Å². The maximum absolute atomic E-state index is 2.46. The molecule has 14 aromatic rings. The fourth-order valence-electron chi connectivity index (χ4n) is 11.1. The van der Waals surface area contributed by atoms with Crippen LogP contribution in [0.4, 0.5) is 17.1 Å². The number of benzene rings is 11. The van der Waals surface area contributed by atoms with E-state index in [1.54, 1.807) is 0 Å². The van der Waals surface area contributed by atoms with Gasteiger partial charge in [0.05, 0.1) is 11.0 Å². The summed E-state index contributed by atoms with van der Waals surface area (Å²) in [4.78, 5) is 2.45. The van der Waals surface area contributed by atoms with Gasteiger partial charge in [-0.2, -0.15) is 0 Å². The summed E-state index contributed by atoms with van der Waals surface area (Å²) < 4.78 is 4.98. The van der Waals surface area contributed by atoms with Crippen LogP contribution in [0.25, 0.3) is 113 Å². The van der Waals surface area contributed by atoms with Gasteiger partial charge in [0.25, 0.3) is 0 Å². The first-order valence-corrected chi connectivity index (χ1v) is 24.5. The molecule has 0 saturated carbocycles. The smallest absolute Gasteiger partial charge is 0.0542 e. The Labute approximate surface area is 403 Å². The largest absolute Gasteiger partial charge is 0.310 e. The minimum absolute atomic E-state index is 1.08. The van der Waals surface area contributed by atoms with E-state index in [1.165, 1.54) is 107 Å². The highest BCUT2D eigenvalue weighted by atomic mass is 32.1. The monoisotopic (exact) mass is 894 g/mol. The van der Waals surface area contributed by atoms with Gasteiger partial charge in [0.15, 0.2) is 0 Å². The number of aromatic nitrogens is 1. The van der Waals surface area contributed by atoms with Gasteiger partial charge in [0.2, 0.25) is 0 Å². The Bertz CT molecular complexity index is 4410. The van der Waals surface area contributed by atoms with Crippen LogP contribution in [-0.2, 0) is 0 Å². The molecule has 3 heteroatoms. The molecular weight excluding hydrogens is 853 g/mol. The molecule has 0 bridgehead atoms. The Morgan fingerprint density at radius 1 is 0.261 bits per heavy atom. The van der Waals surface area contributed by atoms with Gasteiger partial charge < -0.3 is 9.47 Å². The molecule has 0 aliphatic carbocycles. The van der Waals surface area contributed by atoms with Crippen LogP contribution < -0.4 is 4.90 Å². The fourth-order valence-corrected chi connectivity index (χ4v) is 12.2. The summed E-state index contributed by atoms with van der Waals surface area (Å²) in [5.74, 6) is 0. The van der Waals surface area contributed by atoms with E-state index in [0.717, 1.165) is 22.7 Å². The van der Waals surface area contributed by atoms with Gasteiger partial charge in [0.1, 0.15) is 0 Å². The summed E-state index contributed by atoms with van der Waals surface area (Å²) in [6.07, 6.45) is 0. The maximum atomic E-state index is 2.46. The molecule has 2 nitrogen and oxygen atoms in total. The molecule has 322 valence electrons. The Hall–Kier alpha value is -8.76. The van der Waals surface area contributed by atoms with Crippen LogP contribution in [0.1, 0.15) is 0 Å². The number of hydrogen-bond acceptors (Lipinski definition) is 2. The summed E-state index contributed by atoms with van der Waals surface area (Å²) in [6.45, 7) is 0. The third-order valence-electron chi connectivity index (χ3n) is 14.2. The Kier molecular flexibility index (Phi) is 9.11. The molecule has 0 spiro atoms. The van der Waals surface area contributed by atoms with Gasteiger partial charge in [0, 0.05) is 53.7 Å². The Morgan fingerprint density at radius 3 is 1.39 bits per heavy atom. The molecule has 0 amide bonds. The third kappa shape index (κ3) is 6.32. The van der Waals surface area contributed by atoms with Gasteiger partial charge in [-0.25, -0.2) is 0 Å². The molecule has 0 radical (unpaired) electrons. The molecule has 2 aromatic heterocycles. The summed E-state index contributed by atoms with van der Waals surface area (Å²) in [7, 11) is 0. The first-order chi connectivity index (χ1) is 34.2. The molecule has 0 atom stereocenters. The van der Waals surface area contributed by atoms with E-state index in [1.807, 2.05) is 11.3 Å². The Morgan fingerprint density at radius 2 is 0.710 bits per heavy atom. The average Bonchev–Trinajstić information content (AvgIpc) is 3.97. The minimum atomic E-state index is 1.08. The number of hydrogen-bond donors (Lipinski definition) is 0. The van der Waals surface area contributed by atoms with Crippen molar-refractivity contribution in [1.29, 1.82) is 0 Å². The number of rotatable bonds is 5. The maximum Gasteiger partial charge on any atom is 0.0542 e.